The molecule has 22 heavy (non-hydrogen) atoms. The fraction of sp³-hybridized carbons (Fsp3) is 0.333. The lowest BCUT2D eigenvalue weighted by atomic mass is 10.0. The molecular weight excluding hydrogens is 274 g/mol. The third kappa shape index (κ3) is 2.96. The number of carbonyl (C=O) groups excluding carboxylic acids is 1. The first-order valence-electron chi connectivity index (χ1n) is 7.73. The molecule has 0 radical (unpaired) electrons. The van der Waals surface area contributed by atoms with Crippen molar-refractivity contribution in [2.75, 3.05) is 0 Å². The third-order valence-corrected chi connectivity index (χ3v) is 4.26. The maximum atomic E-state index is 12.0. The molecule has 1 aliphatic carbocycles. The van der Waals surface area contributed by atoms with Crippen LogP contribution in [0.4, 0.5) is 0 Å². The normalized spacial score (nSPS) is 18.5. The SMILES string of the molecule is CC1C=Cc2c(cnn2C(Cc2ccccc2)C(N)=O)CC1. The van der Waals surface area contributed by atoms with Crippen molar-refractivity contribution in [3.05, 3.63) is 59.4 Å². The van der Waals surface area contributed by atoms with E-state index < -0.39 is 6.04 Å². The van der Waals surface area contributed by atoms with Crippen LogP contribution in [0.3, 0.4) is 0 Å². The van der Waals surface area contributed by atoms with Gasteiger partial charge in [-0.1, -0.05) is 43.3 Å². The highest BCUT2D eigenvalue weighted by atomic mass is 16.1. The smallest absolute Gasteiger partial charge is 0.242 e. The number of benzene rings is 1. The van der Waals surface area contributed by atoms with Crippen LogP contribution in [-0.4, -0.2) is 15.7 Å². The molecule has 114 valence electrons. The molecule has 2 aromatic rings. The predicted octanol–water partition coefficient (Wildman–Crippen LogP) is 2.75. The summed E-state index contributed by atoms with van der Waals surface area (Å²) in [5.74, 6) is 0.197. The van der Waals surface area contributed by atoms with Crippen LogP contribution in [0.1, 0.15) is 36.2 Å². The molecule has 4 nitrogen and oxygen atoms in total. The molecule has 0 saturated heterocycles. The quantitative estimate of drug-likeness (QED) is 0.942. The minimum absolute atomic E-state index is 0.347. The number of aryl methyl sites for hydroxylation is 1. The Kier molecular flexibility index (Phi) is 4.09. The predicted molar refractivity (Wildman–Crippen MR) is 87.1 cm³/mol. The fourth-order valence-electron chi connectivity index (χ4n) is 2.91. The van der Waals surface area contributed by atoms with Crippen LogP contribution < -0.4 is 5.73 Å². The van der Waals surface area contributed by atoms with Gasteiger partial charge in [-0.2, -0.15) is 5.10 Å². The lowest BCUT2D eigenvalue weighted by Crippen LogP contribution is -2.29. The van der Waals surface area contributed by atoms with Crippen molar-refractivity contribution in [2.24, 2.45) is 11.7 Å². The van der Waals surface area contributed by atoms with Gasteiger partial charge in [-0.15, -0.1) is 0 Å². The van der Waals surface area contributed by atoms with Gasteiger partial charge in [0.15, 0.2) is 0 Å². The molecule has 0 bridgehead atoms. The van der Waals surface area contributed by atoms with Crippen LogP contribution in [0.25, 0.3) is 6.08 Å². The molecule has 0 fully saturated rings. The summed E-state index contributed by atoms with van der Waals surface area (Å²) in [4.78, 5) is 12.0. The van der Waals surface area contributed by atoms with Crippen molar-refractivity contribution in [1.82, 2.24) is 9.78 Å². The molecule has 2 N–H and O–H groups in total. The van der Waals surface area contributed by atoms with E-state index in [-0.39, 0.29) is 5.91 Å². The van der Waals surface area contributed by atoms with Gasteiger partial charge in [0.1, 0.15) is 6.04 Å². The van der Waals surface area contributed by atoms with Crippen LogP contribution in [-0.2, 0) is 17.6 Å². The highest BCUT2D eigenvalue weighted by molar-refractivity contribution is 5.79. The zero-order valence-corrected chi connectivity index (χ0v) is 12.8. The van der Waals surface area contributed by atoms with E-state index in [1.165, 1.54) is 5.56 Å². The number of hydrogen-bond acceptors (Lipinski definition) is 2. The van der Waals surface area contributed by atoms with Crippen molar-refractivity contribution in [1.29, 1.82) is 0 Å². The Morgan fingerprint density at radius 3 is 2.91 bits per heavy atom. The number of allylic oxidation sites excluding steroid dienone is 1. The summed E-state index contributed by atoms with van der Waals surface area (Å²) in [6, 6.07) is 9.47. The van der Waals surface area contributed by atoms with E-state index in [0.29, 0.717) is 12.3 Å². The number of fused-ring (bicyclic) bond motifs is 1. The van der Waals surface area contributed by atoms with E-state index >= 15 is 0 Å². The van der Waals surface area contributed by atoms with Crippen molar-refractivity contribution in [2.45, 2.75) is 32.2 Å². The number of hydrogen-bond donors (Lipinski definition) is 1. The number of carbonyl (C=O) groups is 1. The average Bonchev–Trinajstić information content (AvgIpc) is 2.82. The van der Waals surface area contributed by atoms with Crippen LogP contribution in [0, 0.1) is 5.92 Å². The summed E-state index contributed by atoms with van der Waals surface area (Å²) < 4.78 is 1.79. The zero-order chi connectivity index (χ0) is 15.5. The third-order valence-electron chi connectivity index (χ3n) is 4.26. The summed E-state index contributed by atoms with van der Waals surface area (Å²) in [5, 5.41) is 4.45. The first-order valence-corrected chi connectivity index (χ1v) is 7.73. The minimum atomic E-state index is -0.454. The number of nitrogens with zero attached hydrogens (tertiary/aromatic N) is 2. The summed E-state index contributed by atoms with van der Waals surface area (Å²) in [5.41, 5.74) is 8.95. The molecule has 1 aromatic carbocycles. The fourth-order valence-corrected chi connectivity index (χ4v) is 2.91. The Balaban J connectivity index is 1.95. The van der Waals surface area contributed by atoms with E-state index in [4.69, 9.17) is 5.73 Å². The highest BCUT2D eigenvalue weighted by Gasteiger charge is 2.23. The van der Waals surface area contributed by atoms with Gasteiger partial charge in [0.2, 0.25) is 5.91 Å². The molecule has 1 amide bonds. The Morgan fingerprint density at radius 1 is 1.41 bits per heavy atom. The van der Waals surface area contributed by atoms with Crippen molar-refractivity contribution >= 4 is 12.0 Å². The van der Waals surface area contributed by atoms with Gasteiger partial charge in [-0.05, 0) is 36.0 Å². The number of rotatable bonds is 4. The van der Waals surface area contributed by atoms with E-state index in [1.54, 1.807) is 4.68 Å². The minimum Gasteiger partial charge on any atom is -0.368 e. The number of amides is 1. The largest absolute Gasteiger partial charge is 0.368 e. The maximum absolute atomic E-state index is 12.0. The van der Waals surface area contributed by atoms with Gasteiger partial charge in [0.25, 0.3) is 0 Å². The molecule has 0 spiro atoms. The Bertz CT molecular complexity index is 688. The number of primary amides is 1. The molecule has 1 heterocycles. The summed E-state index contributed by atoms with van der Waals surface area (Å²) in [6.45, 7) is 2.20. The first-order chi connectivity index (χ1) is 10.6. The molecule has 3 rings (SSSR count). The van der Waals surface area contributed by atoms with Crippen molar-refractivity contribution in [3.8, 4) is 0 Å². The second kappa shape index (κ2) is 6.18. The van der Waals surface area contributed by atoms with E-state index in [2.05, 4.69) is 24.2 Å². The molecular formula is C18H21N3O. The molecule has 2 atom stereocenters. The molecule has 1 aliphatic rings. The van der Waals surface area contributed by atoms with Crippen molar-refractivity contribution in [3.63, 3.8) is 0 Å². The van der Waals surface area contributed by atoms with E-state index in [9.17, 15) is 4.79 Å². The highest BCUT2D eigenvalue weighted by Crippen LogP contribution is 2.25. The standard InChI is InChI=1S/C18H21N3O/c1-13-7-9-15-12-20-21(16(15)10-8-13)17(18(19)22)11-14-5-3-2-4-6-14/h2-6,8,10,12-13,17H,7,9,11H2,1H3,(H2,19,22). The Morgan fingerprint density at radius 2 is 2.18 bits per heavy atom. The number of aromatic nitrogens is 2. The molecule has 2 unspecified atom stereocenters. The van der Waals surface area contributed by atoms with Crippen LogP contribution in [0.2, 0.25) is 0 Å². The summed E-state index contributed by atoms with van der Waals surface area (Å²) in [6.07, 6.45) is 8.80. The van der Waals surface area contributed by atoms with Crippen molar-refractivity contribution < 1.29 is 4.79 Å². The van der Waals surface area contributed by atoms with Gasteiger partial charge in [-0.3, -0.25) is 9.48 Å². The Labute approximate surface area is 130 Å². The number of nitrogens with two attached hydrogens (primary N) is 1. The van der Waals surface area contributed by atoms with Gasteiger partial charge in [-0.25, -0.2) is 0 Å². The zero-order valence-electron chi connectivity index (χ0n) is 12.8. The van der Waals surface area contributed by atoms with Gasteiger partial charge in [0, 0.05) is 6.42 Å². The van der Waals surface area contributed by atoms with Crippen LogP contribution >= 0.6 is 0 Å². The Hall–Kier alpha value is -2.36. The monoisotopic (exact) mass is 295 g/mol. The lowest BCUT2D eigenvalue weighted by molar-refractivity contribution is -0.121. The second-order valence-corrected chi connectivity index (χ2v) is 5.98. The molecule has 4 heteroatoms. The summed E-state index contributed by atoms with van der Waals surface area (Å²) >= 11 is 0. The van der Waals surface area contributed by atoms with Gasteiger partial charge < -0.3 is 5.73 Å². The maximum Gasteiger partial charge on any atom is 0.242 e. The van der Waals surface area contributed by atoms with E-state index in [1.807, 2.05) is 36.5 Å². The average molecular weight is 295 g/mol. The van der Waals surface area contributed by atoms with Gasteiger partial charge in [0.05, 0.1) is 11.9 Å². The van der Waals surface area contributed by atoms with Crippen LogP contribution in [0.15, 0.2) is 42.6 Å². The molecule has 1 aromatic heterocycles. The second-order valence-electron chi connectivity index (χ2n) is 5.98. The lowest BCUT2D eigenvalue weighted by Gasteiger charge is -2.16. The van der Waals surface area contributed by atoms with Gasteiger partial charge >= 0.3 is 0 Å². The topological polar surface area (TPSA) is 60.9 Å². The molecule has 0 saturated carbocycles. The first kappa shape index (κ1) is 14.6. The van der Waals surface area contributed by atoms with E-state index in [0.717, 1.165) is 24.1 Å². The summed E-state index contributed by atoms with van der Waals surface area (Å²) in [7, 11) is 0. The van der Waals surface area contributed by atoms with Crippen LogP contribution in [0.5, 0.6) is 0 Å². The molecule has 0 aliphatic heterocycles.